The fraction of sp³-hybridized carbons (Fsp3) is 0.692. The van der Waals surface area contributed by atoms with Crippen molar-refractivity contribution in [2.45, 2.75) is 27.7 Å². The molecular formula is C13H23NO3. The molecule has 0 saturated heterocycles. The summed E-state index contributed by atoms with van der Waals surface area (Å²) in [4.78, 5) is 22.5. The average Bonchev–Trinajstić information content (AvgIpc) is 2.24. The van der Waals surface area contributed by atoms with Crippen LogP contribution in [-0.2, 0) is 14.3 Å². The van der Waals surface area contributed by atoms with Gasteiger partial charge in [-0.2, -0.15) is 0 Å². The molecule has 1 N–H and O–H groups in total. The van der Waals surface area contributed by atoms with E-state index in [-0.39, 0.29) is 17.6 Å². The van der Waals surface area contributed by atoms with Gasteiger partial charge in [-0.05, 0) is 12.0 Å². The minimum absolute atomic E-state index is 0.0452. The van der Waals surface area contributed by atoms with Crippen LogP contribution >= 0.6 is 0 Å². The Kier molecular flexibility index (Phi) is 8.32. The van der Waals surface area contributed by atoms with Crippen molar-refractivity contribution in [1.82, 2.24) is 5.32 Å². The Labute approximate surface area is 103 Å². The molecule has 0 radical (unpaired) electrons. The van der Waals surface area contributed by atoms with Crippen molar-refractivity contribution in [2.75, 3.05) is 19.8 Å². The lowest BCUT2D eigenvalue weighted by Gasteiger charge is -2.06. The number of carbonyl (C=O) groups excluding carboxylic acids is 2. The lowest BCUT2D eigenvalue weighted by molar-refractivity contribution is -0.119. The maximum Gasteiger partial charge on any atom is 0.244 e. The maximum absolute atomic E-state index is 11.3. The van der Waals surface area contributed by atoms with E-state index in [1.807, 2.05) is 0 Å². The third-order valence-electron chi connectivity index (χ3n) is 1.96. The monoisotopic (exact) mass is 241 g/mol. The normalized spacial score (nSPS) is 11.4. The van der Waals surface area contributed by atoms with Crippen molar-refractivity contribution >= 4 is 11.7 Å². The molecule has 4 nitrogen and oxygen atoms in total. The predicted octanol–water partition coefficient (Wildman–Crippen LogP) is 1.56. The van der Waals surface area contributed by atoms with Crippen molar-refractivity contribution in [3.8, 4) is 0 Å². The van der Waals surface area contributed by atoms with Crippen LogP contribution in [0.15, 0.2) is 12.2 Å². The zero-order valence-corrected chi connectivity index (χ0v) is 11.2. The summed E-state index contributed by atoms with van der Waals surface area (Å²) in [5, 5.41) is 2.65. The second kappa shape index (κ2) is 8.93. The van der Waals surface area contributed by atoms with Crippen molar-refractivity contribution in [3.05, 3.63) is 12.2 Å². The van der Waals surface area contributed by atoms with Crippen molar-refractivity contribution in [1.29, 1.82) is 0 Å². The molecule has 98 valence electrons. The van der Waals surface area contributed by atoms with Crippen LogP contribution in [-0.4, -0.2) is 31.4 Å². The predicted molar refractivity (Wildman–Crippen MR) is 67.7 cm³/mol. The van der Waals surface area contributed by atoms with Gasteiger partial charge >= 0.3 is 0 Å². The molecule has 0 aliphatic heterocycles. The van der Waals surface area contributed by atoms with Gasteiger partial charge in [-0.15, -0.1) is 0 Å². The van der Waals surface area contributed by atoms with Gasteiger partial charge in [0.1, 0.15) is 0 Å². The van der Waals surface area contributed by atoms with Crippen LogP contribution in [0, 0.1) is 11.8 Å². The van der Waals surface area contributed by atoms with E-state index in [2.05, 4.69) is 19.2 Å². The fourth-order valence-corrected chi connectivity index (χ4v) is 0.975. The number of carbonyl (C=O) groups is 2. The standard InChI is InChI=1S/C13H23NO3/c1-10(2)9-17-8-7-14-13(16)6-5-12(15)11(3)4/h5-6,10-11H,7-9H2,1-4H3,(H,14,16)/b6-5+. The molecule has 17 heavy (non-hydrogen) atoms. The third-order valence-corrected chi connectivity index (χ3v) is 1.96. The molecule has 0 aromatic carbocycles. The Hall–Kier alpha value is -1.16. The lowest BCUT2D eigenvalue weighted by atomic mass is 10.1. The van der Waals surface area contributed by atoms with Gasteiger partial charge in [-0.3, -0.25) is 9.59 Å². The molecule has 0 bridgehead atoms. The smallest absolute Gasteiger partial charge is 0.244 e. The second-order valence-corrected chi connectivity index (χ2v) is 4.65. The van der Waals surface area contributed by atoms with E-state index in [1.54, 1.807) is 13.8 Å². The van der Waals surface area contributed by atoms with Gasteiger partial charge in [-0.1, -0.05) is 27.7 Å². The number of amides is 1. The minimum atomic E-state index is -0.257. The van der Waals surface area contributed by atoms with E-state index in [0.29, 0.717) is 25.7 Å². The number of hydrogen-bond donors (Lipinski definition) is 1. The second-order valence-electron chi connectivity index (χ2n) is 4.65. The van der Waals surface area contributed by atoms with Gasteiger partial charge in [0, 0.05) is 25.1 Å². The number of ketones is 1. The zero-order chi connectivity index (χ0) is 13.3. The van der Waals surface area contributed by atoms with Crippen LogP contribution < -0.4 is 5.32 Å². The van der Waals surface area contributed by atoms with E-state index >= 15 is 0 Å². The molecule has 0 saturated carbocycles. The number of allylic oxidation sites excluding steroid dienone is 1. The molecule has 0 aromatic rings. The van der Waals surface area contributed by atoms with Crippen LogP contribution in [0.5, 0.6) is 0 Å². The van der Waals surface area contributed by atoms with Crippen LogP contribution in [0.4, 0.5) is 0 Å². The van der Waals surface area contributed by atoms with Gasteiger partial charge in [0.2, 0.25) is 5.91 Å². The summed E-state index contributed by atoms with van der Waals surface area (Å²) < 4.78 is 5.30. The van der Waals surface area contributed by atoms with E-state index in [4.69, 9.17) is 4.74 Å². The molecule has 0 aliphatic carbocycles. The van der Waals surface area contributed by atoms with Crippen molar-refractivity contribution in [2.24, 2.45) is 11.8 Å². The Bertz CT molecular complexity index is 270. The van der Waals surface area contributed by atoms with Crippen LogP contribution in [0.3, 0.4) is 0 Å². The number of nitrogens with one attached hydrogen (secondary N) is 1. The van der Waals surface area contributed by atoms with Gasteiger partial charge in [0.05, 0.1) is 6.61 Å². The number of hydrogen-bond acceptors (Lipinski definition) is 3. The molecule has 0 spiro atoms. The molecule has 0 rings (SSSR count). The van der Waals surface area contributed by atoms with E-state index in [0.717, 1.165) is 0 Å². The molecule has 0 aromatic heterocycles. The topological polar surface area (TPSA) is 55.4 Å². The highest BCUT2D eigenvalue weighted by Gasteiger charge is 2.03. The van der Waals surface area contributed by atoms with Crippen molar-refractivity contribution < 1.29 is 14.3 Å². The van der Waals surface area contributed by atoms with Gasteiger partial charge in [0.15, 0.2) is 5.78 Å². The summed E-state index contributed by atoms with van der Waals surface area (Å²) >= 11 is 0. The highest BCUT2D eigenvalue weighted by Crippen LogP contribution is 1.95. The highest BCUT2D eigenvalue weighted by molar-refractivity contribution is 5.98. The van der Waals surface area contributed by atoms with Crippen molar-refractivity contribution in [3.63, 3.8) is 0 Å². The summed E-state index contributed by atoms with van der Waals surface area (Å²) in [6, 6.07) is 0. The number of ether oxygens (including phenoxy) is 1. The highest BCUT2D eigenvalue weighted by atomic mass is 16.5. The largest absolute Gasteiger partial charge is 0.379 e. The summed E-state index contributed by atoms with van der Waals surface area (Å²) in [5.41, 5.74) is 0. The van der Waals surface area contributed by atoms with Gasteiger partial charge in [-0.25, -0.2) is 0 Å². The molecule has 0 atom stereocenters. The first-order valence-electron chi connectivity index (χ1n) is 6.01. The van der Waals surface area contributed by atoms with Crippen LogP contribution in [0.25, 0.3) is 0 Å². The summed E-state index contributed by atoms with van der Waals surface area (Å²) in [7, 11) is 0. The minimum Gasteiger partial charge on any atom is -0.379 e. The first kappa shape index (κ1) is 15.8. The fourth-order valence-electron chi connectivity index (χ4n) is 0.975. The summed E-state index contributed by atoms with van der Waals surface area (Å²) in [5.74, 6) is 0.117. The first-order chi connectivity index (χ1) is 7.93. The van der Waals surface area contributed by atoms with Gasteiger partial charge in [0.25, 0.3) is 0 Å². The quantitative estimate of drug-likeness (QED) is 0.518. The number of rotatable bonds is 8. The summed E-state index contributed by atoms with van der Waals surface area (Å²) in [6.07, 6.45) is 2.58. The van der Waals surface area contributed by atoms with Crippen LogP contribution in [0.1, 0.15) is 27.7 Å². The maximum atomic E-state index is 11.3. The Morgan fingerprint density at radius 1 is 1.18 bits per heavy atom. The molecule has 0 fully saturated rings. The molecule has 0 unspecified atom stereocenters. The first-order valence-corrected chi connectivity index (χ1v) is 6.01. The van der Waals surface area contributed by atoms with E-state index in [1.165, 1.54) is 12.2 Å². The van der Waals surface area contributed by atoms with Gasteiger partial charge < -0.3 is 10.1 Å². The zero-order valence-electron chi connectivity index (χ0n) is 11.2. The molecule has 1 amide bonds. The van der Waals surface area contributed by atoms with E-state index < -0.39 is 0 Å². The lowest BCUT2D eigenvalue weighted by Crippen LogP contribution is -2.26. The Balaban J connectivity index is 3.63. The summed E-state index contributed by atoms with van der Waals surface area (Å²) in [6.45, 7) is 9.38. The molecular weight excluding hydrogens is 218 g/mol. The molecule has 0 heterocycles. The molecule has 0 aliphatic rings. The SMILES string of the molecule is CC(C)COCCNC(=O)/C=C/C(=O)C(C)C. The third kappa shape index (κ3) is 9.75. The Morgan fingerprint density at radius 3 is 2.35 bits per heavy atom. The molecule has 4 heteroatoms. The average molecular weight is 241 g/mol. The Morgan fingerprint density at radius 2 is 1.82 bits per heavy atom. The van der Waals surface area contributed by atoms with E-state index in [9.17, 15) is 9.59 Å². The van der Waals surface area contributed by atoms with Crippen LogP contribution in [0.2, 0.25) is 0 Å².